The van der Waals surface area contributed by atoms with Crippen LogP contribution in [0.4, 0.5) is 5.69 Å². The van der Waals surface area contributed by atoms with Crippen LogP contribution in [0, 0.1) is 0 Å². The lowest BCUT2D eigenvalue weighted by molar-refractivity contribution is -0.118. The van der Waals surface area contributed by atoms with Crippen molar-refractivity contribution in [1.82, 2.24) is 15.1 Å². The van der Waals surface area contributed by atoms with Crippen LogP contribution in [0.5, 0.6) is 0 Å². The third-order valence-electron chi connectivity index (χ3n) is 3.35. The molecule has 0 aliphatic carbocycles. The van der Waals surface area contributed by atoms with E-state index in [1.54, 1.807) is 10.9 Å². The van der Waals surface area contributed by atoms with Gasteiger partial charge < -0.3 is 10.6 Å². The zero-order chi connectivity index (χ0) is 12.8. The quantitative estimate of drug-likeness (QED) is 0.859. The molecule has 5 nitrogen and oxygen atoms in total. The molecule has 2 heterocycles. The second-order valence-electron chi connectivity index (χ2n) is 4.78. The summed E-state index contributed by atoms with van der Waals surface area (Å²) in [5.41, 5.74) is 0.783. The predicted molar refractivity (Wildman–Crippen MR) is 71.4 cm³/mol. The minimum Gasteiger partial charge on any atom is -0.322 e. The van der Waals surface area contributed by atoms with Gasteiger partial charge >= 0.3 is 0 Å². The average molecular weight is 250 g/mol. The van der Waals surface area contributed by atoms with Gasteiger partial charge in [-0.15, -0.1) is 0 Å². The van der Waals surface area contributed by atoms with E-state index in [-0.39, 0.29) is 11.9 Å². The number of nitrogens with zero attached hydrogens (tertiary/aromatic N) is 2. The van der Waals surface area contributed by atoms with E-state index < -0.39 is 0 Å². The van der Waals surface area contributed by atoms with Crippen molar-refractivity contribution in [2.24, 2.45) is 0 Å². The molecule has 2 rings (SSSR count). The van der Waals surface area contributed by atoms with E-state index in [1.165, 1.54) is 12.8 Å². The van der Waals surface area contributed by atoms with E-state index in [2.05, 4.69) is 15.7 Å². The number of rotatable bonds is 3. The Morgan fingerprint density at radius 1 is 1.50 bits per heavy atom. The Labute approximate surface area is 108 Å². The average Bonchev–Trinajstić information content (AvgIpc) is 2.76. The van der Waals surface area contributed by atoms with Gasteiger partial charge in [-0.1, -0.05) is 19.3 Å². The molecule has 1 amide bonds. The molecule has 100 valence electrons. The van der Waals surface area contributed by atoms with Crippen molar-refractivity contribution in [3.63, 3.8) is 0 Å². The molecule has 0 radical (unpaired) electrons. The zero-order valence-corrected chi connectivity index (χ0v) is 11.0. The van der Waals surface area contributed by atoms with Crippen LogP contribution >= 0.6 is 0 Å². The largest absolute Gasteiger partial charge is 0.322 e. The van der Waals surface area contributed by atoms with Crippen LogP contribution in [0.1, 0.15) is 39.0 Å². The van der Waals surface area contributed by atoms with Gasteiger partial charge in [0.25, 0.3) is 0 Å². The lowest BCUT2D eigenvalue weighted by Gasteiger charge is -2.20. The highest BCUT2D eigenvalue weighted by molar-refractivity contribution is 5.94. The number of hydrogen-bond donors (Lipinski definition) is 2. The molecule has 1 aromatic heterocycles. The highest BCUT2D eigenvalue weighted by atomic mass is 16.2. The second-order valence-corrected chi connectivity index (χ2v) is 4.78. The summed E-state index contributed by atoms with van der Waals surface area (Å²) in [4.78, 5) is 12.1. The fourth-order valence-corrected chi connectivity index (χ4v) is 2.26. The fraction of sp³-hybridized carbons (Fsp3) is 0.692. The van der Waals surface area contributed by atoms with Gasteiger partial charge in [0.1, 0.15) is 0 Å². The highest BCUT2D eigenvalue weighted by Crippen LogP contribution is 2.12. The Bertz CT molecular complexity index is 380. The molecule has 0 saturated carbocycles. The van der Waals surface area contributed by atoms with Gasteiger partial charge in [-0.25, -0.2) is 0 Å². The fourth-order valence-electron chi connectivity index (χ4n) is 2.26. The zero-order valence-electron chi connectivity index (χ0n) is 11.0. The third kappa shape index (κ3) is 3.57. The number of aromatic nitrogens is 2. The molecule has 1 unspecified atom stereocenters. The van der Waals surface area contributed by atoms with E-state index in [9.17, 15) is 4.79 Å². The molecular formula is C13H22N4O. The van der Waals surface area contributed by atoms with Crippen LogP contribution in [0.15, 0.2) is 12.4 Å². The van der Waals surface area contributed by atoms with Crippen LogP contribution in [0.2, 0.25) is 0 Å². The number of carbonyl (C=O) groups excluding carboxylic acids is 1. The van der Waals surface area contributed by atoms with Crippen molar-refractivity contribution in [3.8, 4) is 0 Å². The summed E-state index contributed by atoms with van der Waals surface area (Å²) in [6.07, 6.45) is 9.28. The first kappa shape index (κ1) is 13.1. The molecule has 1 fully saturated rings. The van der Waals surface area contributed by atoms with Crippen molar-refractivity contribution < 1.29 is 4.79 Å². The van der Waals surface area contributed by atoms with Crippen molar-refractivity contribution in [3.05, 3.63) is 12.4 Å². The minimum atomic E-state index is -0.0599. The normalized spacial score (nSPS) is 21.1. The molecule has 18 heavy (non-hydrogen) atoms. The number of amides is 1. The number of anilines is 1. The Kier molecular flexibility index (Phi) is 4.75. The summed E-state index contributed by atoms with van der Waals surface area (Å²) in [6, 6.07) is -0.0599. The summed E-state index contributed by atoms with van der Waals surface area (Å²) in [5, 5.41) is 10.4. The maximum atomic E-state index is 12.1. The van der Waals surface area contributed by atoms with Crippen molar-refractivity contribution >= 4 is 11.6 Å². The third-order valence-corrected chi connectivity index (χ3v) is 3.35. The monoisotopic (exact) mass is 250 g/mol. The van der Waals surface area contributed by atoms with Crippen LogP contribution in [0.3, 0.4) is 0 Å². The van der Waals surface area contributed by atoms with Gasteiger partial charge in [-0.05, 0) is 26.3 Å². The summed E-state index contributed by atoms with van der Waals surface area (Å²) >= 11 is 0. The summed E-state index contributed by atoms with van der Waals surface area (Å²) in [6.45, 7) is 3.78. The summed E-state index contributed by atoms with van der Waals surface area (Å²) in [5.74, 6) is 0.0625. The maximum Gasteiger partial charge on any atom is 0.241 e. The van der Waals surface area contributed by atoms with Crippen molar-refractivity contribution in [2.45, 2.75) is 51.6 Å². The Morgan fingerprint density at radius 2 is 2.33 bits per heavy atom. The van der Waals surface area contributed by atoms with E-state index >= 15 is 0 Å². The smallest absolute Gasteiger partial charge is 0.241 e. The maximum absolute atomic E-state index is 12.1. The van der Waals surface area contributed by atoms with Crippen molar-refractivity contribution in [2.75, 3.05) is 11.9 Å². The standard InChI is InChI=1S/C13H22N4O/c1-2-17-10-11(9-15-17)16-13(18)12-7-5-3-4-6-8-14-12/h9-10,12,14H,2-8H2,1H3,(H,16,18). The lowest BCUT2D eigenvalue weighted by atomic mass is 10.0. The molecule has 1 atom stereocenters. The number of carbonyl (C=O) groups is 1. The summed E-state index contributed by atoms with van der Waals surface area (Å²) < 4.78 is 1.81. The molecule has 1 saturated heterocycles. The first-order valence-electron chi connectivity index (χ1n) is 6.86. The van der Waals surface area contributed by atoms with Gasteiger partial charge in [0.05, 0.1) is 17.9 Å². The molecule has 1 aliphatic rings. The highest BCUT2D eigenvalue weighted by Gasteiger charge is 2.19. The van der Waals surface area contributed by atoms with Crippen LogP contribution in [-0.2, 0) is 11.3 Å². The minimum absolute atomic E-state index is 0.0599. The van der Waals surface area contributed by atoms with E-state index in [0.29, 0.717) is 0 Å². The number of nitrogens with one attached hydrogen (secondary N) is 2. The summed E-state index contributed by atoms with van der Waals surface area (Å²) in [7, 11) is 0. The van der Waals surface area contributed by atoms with E-state index in [1.807, 2.05) is 13.1 Å². The first-order chi connectivity index (χ1) is 8.79. The molecule has 1 aromatic rings. The number of hydrogen-bond acceptors (Lipinski definition) is 3. The molecule has 2 N–H and O–H groups in total. The van der Waals surface area contributed by atoms with Gasteiger partial charge in [0, 0.05) is 12.7 Å². The molecule has 0 spiro atoms. The van der Waals surface area contributed by atoms with Crippen molar-refractivity contribution in [1.29, 1.82) is 0 Å². The van der Waals surface area contributed by atoms with Crippen LogP contribution < -0.4 is 10.6 Å². The lowest BCUT2D eigenvalue weighted by Crippen LogP contribution is -2.41. The Morgan fingerprint density at radius 3 is 3.11 bits per heavy atom. The Balaban J connectivity index is 1.89. The van der Waals surface area contributed by atoms with Gasteiger partial charge in [-0.2, -0.15) is 5.10 Å². The number of aryl methyl sites for hydroxylation is 1. The van der Waals surface area contributed by atoms with Crippen LogP contribution in [-0.4, -0.2) is 28.3 Å². The second kappa shape index (κ2) is 6.54. The topological polar surface area (TPSA) is 59.0 Å². The van der Waals surface area contributed by atoms with Crippen LogP contribution in [0.25, 0.3) is 0 Å². The molecule has 0 bridgehead atoms. The Hall–Kier alpha value is -1.36. The van der Waals surface area contributed by atoms with Gasteiger partial charge in [-0.3, -0.25) is 9.48 Å². The molecular weight excluding hydrogens is 228 g/mol. The predicted octanol–water partition coefficient (Wildman–Crippen LogP) is 1.76. The van der Waals surface area contributed by atoms with E-state index in [0.717, 1.165) is 38.0 Å². The van der Waals surface area contributed by atoms with Gasteiger partial charge in [0.2, 0.25) is 5.91 Å². The van der Waals surface area contributed by atoms with Gasteiger partial charge in [0.15, 0.2) is 0 Å². The molecule has 0 aromatic carbocycles. The van der Waals surface area contributed by atoms with E-state index in [4.69, 9.17) is 0 Å². The SMILES string of the molecule is CCn1cc(NC(=O)C2CCCCCCN2)cn1. The molecule has 5 heteroatoms. The first-order valence-corrected chi connectivity index (χ1v) is 6.86. The molecule has 1 aliphatic heterocycles.